The van der Waals surface area contributed by atoms with Crippen molar-refractivity contribution in [1.29, 1.82) is 5.26 Å². The topological polar surface area (TPSA) is 66.5 Å². The molecule has 0 aliphatic carbocycles. The van der Waals surface area contributed by atoms with Gasteiger partial charge in [-0.05, 0) is 24.6 Å². The molecular weight excluding hydrogens is 322 g/mol. The summed E-state index contributed by atoms with van der Waals surface area (Å²) in [5, 5.41) is 13.8. The third kappa shape index (κ3) is 2.86. The molecule has 26 heavy (non-hydrogen) atoms. The van der Waals surface area contributed by atoms with Gasteiger partial charge in [0.25, 0.3) is 0 Å². The van der Waals surface area contributed by atoms with Gasteiger partial charge in [-0.2, -0.15) is 5.26 Å². The molecule has 1 N–H and O–H groups in total. The van der Waals surface area contributed by atoms with Gasteiger partial charge in [0.15, 0.2) is 0 Å². The average molecular weight is 341 g/mol. The summed E-state index contributed by atoms with van der Waals surface area (Å²) in [7, 11) is 2.06. The van der Waals surface area contributed by atoms with Crippen molar-refractivity contribution in [2.24, 2.45) is 7.05 Å². The number of aromatic nitrogens is 3. The SMILES string of the molecule is Cn1c(CCCNc2c(C#N)cnc3ccccc23)nc2ccccc21. The number of imidazole rings is 1. The van der Waals surface area contributed by atoms with E-state index in [1.165, 1.54) is 0 Å². The second-order valence-electron chi connectivity index (χ2n) is 6.28. The number of fused-ring (bicyclic) bond motifs is 2. The zero-order chi connectivity index (χ0) is 17.9. The van der Waals surface area contributed by atoms with E-state index in [0.717, 1.165) is 52.8 Å². The van der Waals surface area contributed by atoms with Gasteiger partial charge in [-0.25, -0.2) is 4.98 Å². The van der Waals surface area contributed by atoms with Crippen LogP contribution in [0.5, 0.6) is 0 Å². The summed E-state index contributed by atoms with van der Waals surface area (Å²) in [4.78, 5) is 9.06. The summed E-state index contributed by atoms with van der Waals surface area (Å²) in [6.07, 6.45) is 3.44. The smallest absolute Gasteiger partial charge is 0.109 e. The van der Waals surface area contributed by atoms with Crippen molar-refractivity contribution in [2.45, 2.75) is 12.8 Å². The Labute approximate surface area is 151 Å². The first-order valence-corrected chi connectivity index (χ1v) is 8.70. The van der Waals surface area contributed by atoms with Crippen LogP contribution in [0.15, 0.2) is 54.7 Å². The quantitative estimate of drug-likeness (QED) is 0.556. The molecule has 0 amide bonds. The lowest BCUT2D eigenvalue weighted by atomic mass is 10.1. The number of rotatable bonds is 5. The Balaban J connectivity index is 1.49. The van der Waals surface area contributed by atoms with Gasteiger partial charge in [0.2, 0.25) is 0 Å². The number of hydrogen-bond acceptors (Lipinski definition) is 4. The third-order valence-corrected chi connectivity index (χ3v) is 4.65. The highest BCUT2D eigenvalue weighted by Gasteiger charge is 2.09. The third-order valence-electron chi connectivity index (χ3n) is 4.65. The molecule has 0 aliphatic heterocycles. The second kappa shape index (κ2) is 6.85. The highest BCUT2D eigenvalue weighted by molar-refractivity contribution is 5.93. The van der Waals surface area contributed by atoms with Crippen LogP contribution < -0.4 is 5.32 Å². The van der Waals surface area contributed by atoms with Crippen molar-refractivity contribution in [3.05, 3.63) is 66.1 Å². The number of nitrogens with one attached hydrogen (secondary N) is 1. The van der Waals surface area contributed by atoms with E-state index in [0.29, 0.717) is 5.56 Å². The van der Waals surface area contributed by atoms with Gasteiger partial charge in [0, 0.05) is 31.6 Å². The summed E-state index contributed by atoms with van der Waals surface area (Å²) >= 11 is 0. The van der Waals surface area contributed by atoms with E-state index in [1.807, 2.05) is 42.5 Å². The number of nitrogens with zero attached hydrogens (tertiary/aromatic N) is 4. The predicted octanol–water partition coefficient (Wildman–Crippen LogP) is 4.04. The Morgan fingerprint density at radius 1 is 1.08 bits per heavy atom. The van der Waals surface area contributed by atoms with Gasteiger partial charge in [0.05, 0.1) is 27.8 Å². The summed E-state index contributed by atoms with van der Waals surface area (Å²) < 4.78 is 2.15. The molecule has 5 nitrogen and oxygen atoms in total. The Bertz CT molecular complexity index is 1120. The number of anilines is 1. The Morgan fingerprint density at radius 2 is 1.85 bits per heavy atom. The molecule has 2 heterocycles. The minimum absolute atomic E-state index is 0.575. The van der Waals surface area contributed by atoms with Crippen molar-refractivity contribution in [2.75, 3.05) is 11.9 Å². The second-order valence-corrected chi connectivity index (χ2v) is 6.28. The van der Waals surface area contributed by atoms with Crippen LogP contribution in [0.1, 0.15) is 17.8 Å². The van der Waals surface area contributed by atoms with Crippen LogP contribution in [0.2, 0.25) is 0 Å². The van der Waals surface area contributed by atoms with E-state index >= 15 is 0 Å². The molecule has 4 rings (SSSR count). The van der Waals surface area contributed by atoms with Crippen LogP contribution in [0.4, 0.5) is 5.69 Å². The van der Waals surface area contributed by atoms with Crippen LogP contribution in [0.25, 0.3) is 21.9 Å². The van der Waals surface area contributed by atoms with Crippen LogP contribution in [-0.4, -0.2) is 21.1 Å². The molecule has 0 unspecified atom stereocenters. The van der Waals surface area contributed by atoms with Gasteiger partial charge >= 0.3 is 0 Å². The van der Waals surface area contributed by atoms with E-state index < -0.39 is 0 Å². The van der Waals surface area contributed by atoms with Gasteiger partial charge in [-0.1, -0.05) is 30.3 Å². The molecule has 128 valence electrons. The lowest BCUT2D eigenvalue weighted by Gasteiger charge is -2.11. The van der Waals surface area contributed by atoms with Crippen molar-refractivity contribution in [3.63, 3.8) is 0 Å². The molecular formula is C21H19N5. The zero-order valence-electron chi connectivity index (χ0n) is 14.6. The summed E-state index contributed by atoms with van der Waals surface area (Å²) in [5.74, 6) is 1.08. The van der Waals surface area contributed by atoms with E-state index in [9.17, 15) is 5.26 Å². The molecule has 0 aliphatic rings. The number of pyridine rings is 1. The van der Waals surface area contributed by atoms with Gasteiger partial charge in [-0.3, -0.25) is 4.98 Å². The normalized spacial score (nSPS) is 10.9. The fourth-order valence-electron chi connectivity index (χ4n) is 3.30. The summed E-state index contributed by atoms with van der Waals surface area (Å²) in [5.41, 5.74) is 4.52. The predicted molar refractivity (Wildman–Crippen MR) is 104 cm³/mol. The standard InChI is InChI=1S/C21H19N5/c1-26-19-10-5-4-9-18(19)25-20(26)11-6-12-23-21-15(13-22)14-24-17-8-3-2-7-16(17)21/h2-5,7-10,14H,6,11-12H2,1H3,(H,23,24). The molecule has 0 saturated heterocycles. The largest absolute Gasteiger partial charge is 0.383 e. The number of nitriles is 1. The molecule has 0 fully saturated rings. The molecule has 5 heteroatoms. The number of hydrogen-bond donors (Lipinski definition) is 1. The highest BCUT2D eigenvalue weighted by Crippen LogP contribution is 2.25. The fraction of sp³-hybridized carbons (Fsp3) is 0.190. The van der Waals surface area contributed by atoms with Gasteiger partial charge in [0.1, 0.15) is 11.9 Å². The lowest BCUT2D eigenvalue weighted by molar-refractivity contribution is 0.753. The van der Waals surface area contributed by atoms with Crippen LogP contribution in [0.3, 0.4) is 0 Å². The molecule has 2 aromatic heterocycles. The molecule has 0 bridgehead atoms. The van der Waals surface area contributed by atoms with E-state index in [4.69, 9.17) is 4.98 Å². The number of aryl methyl sites for hydroxylation is 2. The molecule has 0 atom stereocenters. The average Bonchev–Trinajstić information content (AvgIpc) is 3.01. The van der Waals surface area contributed by atoms with Crippen molar-refractivity contribution in [3.8, 4) is 6.07 Å². The molecule has 4 aromatic rings. The van der Waals surface area contributed by atoms with Crippen molar-refractivity contribution >= 4 is 27.6 Å². The summed E-state index contributed by atoms with van der Waals surface area (Å²) in [6, 6.07) is 18.3. The van der Waals surface area contributed by atoms with E-state index in [2.05, 4.69) is 34.1 Å². The number of para-hydroxylation sites is 3. The van der Waals surface area contributed by atoms with Crippen LogP contribution in [0, 0.1) is 11.3 Å². The Morgan fingerprint density at radius 3 is 2.65 bits per heavy atom. The lowest BCUT2D eigenvalue weighted by Crippen LogP contribution is -2.07. The van der Waals surface area contributed by atoms with E-state index in [1.54, 1.807) is 6.20 Å². The first-order chi connectivity index (χ1) is 12.8. The Hall–Kier alpha value is -3.39. The molecule has 0 saturated carbocycles. The minimum atomic E-state index is 0.575. The maximum absolute atomic E-state index is 9.39. The molecule has 2 aromatic carbocycles. The minimum Gasteiger partial charge on any atom is -0.383 e. The first-order valence-electron chi connectivity index (χ1n) is 8.70. The fourth-order valence-corrected chi connectivity index (χ4v) is 3.30. The highest BCUT2D eigenvalue weighted by atomic mass is 15.1. The zero-order valence-corrected chi connectivity index (χ0v) is 14.6. The van der Waals surface area contributed by atoms with Crippen molar-refractivity contribution in [1.82, 2.24) is 14.5 Å². The van der Waals surface area contributed by atoms with Gasteiger partial charge in [-0.15, -0.1) is 0 Å². The van der Waals surface area contributed by atoms with Crippen LogP contribution in [-0.2, 0) is 13.5 Å². The maximum Gasteiger partial charge on any atom is 0.109 e. The van der Waals surface area contributed by atoms with Gasteiger partial charge < -0.3 is 9.88 Å². The number of benzene rings is 2. The maximum atomic E-state index is 9.39. The van der Waals surface area contributed by atoms with Crippen molar-refractivity contribution < 1.29 is 0 Å². The Kier molecular flexibility index (Phi) is 4.24. The van der Waals surface area contributed by atoms with E-state index in [-0.39, 0.29) is 0 Å². The molecule has 0 radical (unpaired) electrons. The monoisotopic (exact) mass is 341 g/mol. The first kappa shape index (κ1) is 16.1. The molecule has 0 spiro atoms. The van der Waals surface area contributed by atoms with Crippen LogP contribution >= 0.6 is 0 Å². The summed E-state index contributed by atoms with van der Waals surface area (Å²) in [6.45, 7) is 0.770.